The molecule has 0 amide bonds. The van der Waals surface area contributed by atoms with Crippen LogP contribution in [0.4, 0.5) is 0 Å². The number of H-pyrrole nitrogens is 1. The van der Waals surface area contributed by atoms with E-state index in [1.54, 1.807) is 0 Å². The lowest BCUT2D eigenvalue weighted by atomic mass is 10.0. The molecule has 0 bridgehead atoms. The molecule has 3 N–H and O–H groups in total. The molecule has 112 valence electrons. The fourth-order valence-electron chi connectivity index (χ4n) is 2.88. The Labute approximate surface area is 125 Å². The first-order valence-electron chi connectivity index (χ1n) is 7.35. The molecule has 0 unspecified atom stereocenters. The third-order valence-electron chi connectivity index (χ3n) is 4.11. The van der Waals surface area contributed by atoms with Crippen molar-refractivity contribution in [1.82, 2.24) is 4.98 Å². The van der Waals surface area contributed by atoms with Crippen LogP contribution in [0.1, 0.15) is 49.2 Å². The van der Waals surface area contributed by atoms with E-state index in [0.717, 1.165) is 34.6 Å². The highest BCUT2D eigenvalue weighted by molar-refractivity contribution is 5.80. The molecule has 1 aromatic rings. The molecule has 0 saturated carbocycles. The summed E-state index contributed by atoms with van der Waals surface area (Å²) in [6.07, 6.45) is 5.88. The maximum Gasteiger partial charge on any atom is 0.303 e. The summed E-state index contributed by atoms with van der Waals surface area (Å²) in [6.45, 7) is 8.31. The highest BCUT2D eigenvalue weighted by Crippen LogP contribution is 2.23. The molecule has 4 heteroatoms. The van der Waals surface area contributed by atoms with Crippen molar-refractivity contribution in [3.8, 4) is 0 Å². The Balaban J connectivity index is 2.32. The minimum Gasteiger partial charge on any atom is -0.481 e. The van der Waals surface area contributed by atoms with Crippen molar-refractivity contribution in [2.75, 3.05) is 0 Å². The van der Waals surface area contributed by atoms with Gasteiger partial charge in [-0.3, -0.25) is 4.79 Å². The van der Waals surface area contributed by atoms with Gasteiger partial charge < -0.3 is 10.1 Å². The summed E-state index contributed by atoms with van der Waals surface area (Å²) in [4.78, 5) is 17.4. The lowest BCUT2D eigenvalue weighted by Crippen LogP contribution is -2.64. The maximum absolute atomic E-state index is 10.8. The van der Waals surface area contributed by atoms with E-state index >= 15 is 0 Å². The van der Waals surface area contributed by atoms with Crippen molar-refractivity contribution in [2.45, 2.75) is 47.0 Å². The molecule has 2 heterocycles. The Morgan fingerprint density at radius 1 is 1.38 bits per heavy atom. The van der Waals surface area contributed by atoms with Crippen LogP contribution >= 0.6 is 0 Å². The van der Waals surface area contributed by atoms with Gasteiger partial charge in [0, 0.05) is 35.0 Å². The zero-order valence-corrected chi connectivity index (χ0v) is 13.1. The van der Waals surface area contributed by atoms with Crippen LogP contribution in [0.15, 0.2) is 16.8 Å². The number of aromatic amines is 1. The Morgan fingerprint density at radius 3 is 2.71 bits per heavy atom. The van der Waals surface area contributed by atoms with Gasteiger partial charge in [-0.15, -0.1) is 0 Å². The number of aliphatic carboxylic acids is 1. The SMILES string of the molecule is CCC1=C(C)C=[NH+]/C1=C\c1[nH]c(C)c(CCC(=O)O)c1C. The lowest BCUT2D eigenvalue weighted by molar-refractivity contribution is -0.380. The molecular formula is C17H23N2O2+. The number of hydrogen-bond acceptors (Lipinski definition) is 1. The third kappa shape index (κ3) is 3.15. The third-order valence-corrected chi connectivity index (χ3v) is 4.11. The van der Waals surface area contributed by atoms with Crippen LogP contribution in [0.3, 0.4) is 0 Å². The predicted octanol–water partition coefficient (Wildman–Crippen LogP) is 1.88. The van der Waals surface area contributed by atoms with Gasteiger partial charge in [0.1, 0.15) is 0 Å². The lowest BCUT2D eigenvalue weighted by Gasteiger charge is -2.00. The van der Waals surface area contributed by atoms with Gasteiger partial charge in [0.15, 0.2) is 6.21 Å². The quantitative estimate of drug-likeness (QED) is 0.774. The molecule has 0 fully saturated rings. The van der Waals surface area contributed by atoms with Crippen LogP contribution < -0.4 is 4.99 Å². The molecule has 1 aliphatic heterocycles. The minimum atomic E-state index is -0.756. The second kappa shape index (κ2) is 6.12. The summed E-state index contributed by atoms with van der Waals surface area (Å²) in [5.41, 5.74) is 8.10. The van der Waals surface area contributed by atoms with E-state index in [-0.39, 0.29) is 6.42 Å². The Kier molecular flexibility index (Phi) is 4.46. The van der Waals surface area contributed by atoms with Crippen LogP contribution in [0.25, 0.3) is 6.08 Å². The van der Waals surface area contributed by atoms with Gasteiger partial charge >= 0.3 is 5.97 Å². The van der Waals surface area contributed by atoms with Crippen molar-refractivity contribution in [3.05, 3.63) is 39.4 Å². The summed E-state index contributed by atoms with van der Waals surface area (Å²) in [5.74, 6) is -0.756. The number of rotatable bonds is 5. The molecule has 0 saturated heterocycles. The highest BCUT2D eigenvalue weighted by Gasteiger charge is 2.19. The average molecular weight is 287 g/mol. The zero-order chi connectivity index (χ0) is 15.6. The molecule has 21 heavy (non-hydrogen) atoms. The number of hydrogen-bond donors (Lipinski definition) is 3. The second-order valence-corrected chi connectivity index (χ2v) is 5.52. The molecule has 2 rings (SSSR count). The average Bonchev–Trinajstić information content (AvgIpc) is 2.89. The van der Waals surface area contributed by atoms with Gasteiger partial charge in [-0.1, -0.05) is 6.92 Å². The van der Waals surface area contributed by atoms with Gasteiger partial charge in [0.2, 0.25) is 5.70 Å². The molecule has 0 atom stereocenters. The molecule has 0 radical (unpaired) electrons. The fraction of sp³-hybridized carbons (Fsp3) is 0.412. The van der Waals surface area contributed by atoms with Crippen LogP contribution in [0.2, 0.25) is 0 Å². The summed E-state index contributed by atoms with van der Waals surface area (Å²) < 4.78 is 0. The van der Waals surface area contributed by atoms with Crippen molar-refractivity contribution in [3.63, 3.8) is 0 Å². The molecule has 1 aromatic heterocycles. The molecule has 4 nitrogen and oxygen atoms in total. The van der Waals surface area contributed by atoms with E-state index in [1.807, 2.05) is 20.1 Å². The Morgan fingerprint density at radius 2 is 2.10 bits per heavy atom. The standard InChI is InChI=1S/C17H22N2O2/c1-5-13-10(2)9-18-16(13)8-15-11(3)14(12(4)19-15)6-7-17(20)21/h8-9,19H,5-7H2,1-4H3,(H,20,21)/p+1/b16-8-. The van der Waals surface area contributed by atoms with E-state index < -0.39 is 5.97 Å². The Hall–Kier alpha value is -2.10. The van der Waals surface area contributed by atoms with Gasteiger partial charge in [-0.25, -0.2) is 4.99 Å². The normalized spacial score (nSPS) is 16.3. The van der Waals surface area contributed by atoms with E-state index in [0.29, 0.717) is 6.42 Å². The molecule has 1 aliphatic rings. The molecular weight excluding hydrogens is 264 g/mol. The van der Waals surface area contributed by atoms with Crippen LogP contribution in [-0.2, 0) is 11.2 Å². The summed E-state index contributed by atoms with van der Waals surface area (Å²) >= 11 is 0. The van der Waals surface area contributed by atoms with Crippen molar-refractivity contribution >= 4 is 18.3 Å². The van der Waals surface area contributed by atoms with Crippen LogP contribution in [0.5, 0.6) is 0 Å². The predicted molar refractivity (Wildman–Crippen MR) is 84.2 cm³/mol. The highest BCUT2D eigenvalue weighted by atomic mass is 16.4. The number of aromatic nitrogens is 1. The molecule has 0 aliphatic carbocycles. The maximum atomic E-state index is 10.8. The van der Waals surface area contributed by atoms with Crippen LogP contribution in [-0.4, -0.2) is 22.3 Å². The molecule has 0 spiro atoms. The minimum absolute atomic E-state index is 0.167. The summed E-state index contributed by atoms with van der Waals surface area (Å²) in [7, 11) is 0. The summed E-state index contributed by atoms with van der Waals surface area (Å²) in [5, 5.41) is 8.85. The zero-order valence-electron chi connectivity index (χ0n) is 13.1. The Bertz CT molecular complexity index is 661. The number of nitrogens with one attached hydrogen (secondary N) is 2. The molecule has 0 aromatic carbocycles. The van der Waals surface area contributed by atoms with E-state index in [2.05, 4.69) is 29.9 Å². The second-order valence-electron chi connectivity index (χ2n) is 5.52. The van der Waals surface area contributed by atoms with Gasteiger partial charge in [-0.05, 0) is 44.7 Å². The van der Waals surface area contributed by atoms with Gasteiger partial charge in [-0.2, -0.15) is 0 Å². The van der Waals surface area contributed by atoms with E-state index in [1.165, 1.54) is 11.1 Å². The number of carbonyl (C=O) groups is 1. The van der Waals surface area contributed by atoms with E-state index in [9.17, 15) is 4.79 Å². The first-order chi connectivity index (χ1) is 9.93. The number of aryl methyl sites for hydroxylation is 1. The first kappa shape index (κ1) is 15.3. The first-order valence-corrected chi connectivity index (χ1v) is 7.35. The monoisotopic (exact) mass is 287 g/mol. The van der Waals surface area contributed by atoms with Crippen molar-refractivity contribution in [1.29, 1.82) is 0 Å². The van der Waals surface area contributed by atoms with Crippen LogP contribution in [0, 0.1) is 13.8 Å². The van der Waals surface area contributed by atoms with Crippen molar-refractivity contribution in [2.24, 2.45) is 0 Å². The summed E-state index contributed by atoms with van der Waals surface area (Å²) in [6, 6.07) is 0. The number of carboxylic acids is 1. The van der Waals surface area contributed by atoms with E-state index in [4.69, 9.17) is 5.11 Å². The smallest absolute Gasteiger partial charge is 0.303 e. The van der Waals surface area contributed by atoms with Gasteiger partial charge in [0.05, 0.1) is 0 Å². The van der Waals surface area contributed by atoms with Gasteiger partial charge in [0.25, 0.3) is 0 Å². The topological polar surface area (TPSA) is 67.1 Å². The number of carboxylic acid groups (broad SMARTS) is 1. The van der Waals surface area contributed by atoms with Crippen molar-refractivity contribution < 1.29 is 14.9 Å². The number of allylic oxidation sites excluding steroid dienone is 2. The largest absolute Gasteiger partial charge is 0.481 e. The fourth-order valence-corrected chi connectivity index (χ4v) is 2.88.